The van der Waals surface area contributed by atoms with Gasteiger partial charge in [-0.2, -0.15) is 0 Å². The molecule has 0 bridgehead atoms. The molecule has 0 aliphatic carbocycles. The largest absolute Gasteiger partial charge is 0.497 e. The summed E-state index contributed by atoms with van der Waals surface area (Å²) in [7, 11) is 1.51. The maximum absolute atomic E-state index is 12.3. The molecule has 138 valence electrons. The monoisotopic (exact) mass is 419 g/mol. The van der Waals surface area contributed by atoms with Crippen molar-refractivity contribution < 1.29 is 19.1 Å². The van der Waals surface area contributed by atoms with Crippen molar-refractivity contribution in [3.8, 4) is 5.75 Å². The Morgan fingerprint density at radius 3 is 2.58 bits per heavy atom. The number of anilines is 1. The highest BCUT2D eigenvalue weighted by Gasteiger charge is 2.16. The Balaban J connectivity index is 2.05. The number of benzene rings is 2. The van der Waals surface area contributed by atoms with Gasteiger partial charge in [-0.25, -0.2) is 4.79 Å². The maximum atomic E-state index is 12.3. The number of rotatable bonds is 6. The average molecular weight is 420 g/mol. The number of aryl methyl sites for hydroxylation is 1. The van der Waals surface area contributed by atoms with Crippen LogP contribution in [-0.4, -0.2) is 25.6 Å². The Morgan fingerprint density at radius 2 is 1.92 bits per heavy atom. The minimum atomic E-state index is -0.597. The lowest BCUT2D eigenvalue weighted by Crippen LogP contribution is -2.22. The Hall–Kier alpha value is -2.34. The molecule has 0 radical (unpaired) electrons. The Labute approximate surface area is 161 Å². The number of halogens is 1. The van der Waals surface area contributed by atoms with Gasteiger partial charge in [0.15, 0.2) is 6.61 Å². The predicted octanol–water partition coefficient (Wildman–Crippen LogP) is 4.69. The van der Waals surface area contributed by atoms with Gasteiger partial charge in [-0.15, -0.1) is 0 Å². The van der Waals surface area contributed by atoms with E-state index in [2.05, 4.69) is 35.1 Å². The smallest absolute Gasteiger partial charge is 0.339 e. The Bertz CT molecular complexity index is 817. The number of esters is 1. The number of carbonyl (C=O) groups is 2. The van der Waals surface area contributed by atoms with Gasteiger partial charge in [0.05, 0.1) is 12.7 Å². The molecular weight excluding hydrogens is 398 g/mol. The van der Waals surface area contributed by atoms with Crippen molar-refractivity contribution in [1.29, 1.82) is 0 Å². The first kappa shape index (κ1) is 20.0. The van der Waals surface area contributed by atoms with Crippen molar-refractivity contribution >= 4 is 33.5 Å². The van der Waals surface area contributed by atoms with Crippen molar-refractivity contribution in [3.63, 3.8) is 0 Å². The summed E-state index contributed by atoms with van der Waals surface area (Å²) in [5.41, 5.74) is 3.08. The van der Waals surface area contributed by atoms with Gasteiger partial charge in [0.1, 0.15) is 5.75 Å². The van der Waals surface area contributed by atoms with Crippen molar-refractivity contribution in [1.82, 2.24) is 0 Å². The number of nitrogens with one attached hydrogen (secondary N) is 1. The molecule has 0 fully saturated rings. The van der Waals surface area contributed by atoms with Crippen LogP contribution in [0.25, 0.3) is 0 Å². The zero-order chi connectivity index (χ0) is 19.3. The quantitative estimate of drug-likeness (QED) is 0.689. The van der Waals surface area contributed by atoms with E-state index in [0.717, 1.165) is 16.8 Å². The van der Waals surface area contributed by atoms with Crippen LogP contribution in [0.3, 0.4) is 0 Å². The molecule has 0 heterocycles. The van der Waals surface area contributed by atoms with E-state index in [9.17, 15) is 9.59 Å². The number of carbonyl (C=O) groups excluding carboxylic acids is 2. The zero-order valence-corrected chi connectivity index (χ0v) is 16.8. The molecule has 26 heavy (non-hydrogen) atoms. The molecular formula is C20H22BrNO4. The lowest BCUT2D eigenvalue weighted by molar-refractivity contribution is -0.119. The molecule has 0 spiro atoms. The molecule has 0 aliphatic rings. The summed E-state index contributed by atoms with van der Waals surface area (Å²) in [4.78, 5) is 24.5. The van der Waals surface area contributed by atoms with E-state index >= 15 is 0 Å². The molecule has 0 atom stereocenters. The molecule has 1 amide bonds. The first-order valence-electron chi connectivity index (χ1n) is 8.23. The molecule has 2 aromatic rings. The van der Waals surface area contributed by atoms with Gasteiger partial charge in [0.2, 0.25) is 0 Å². The van der Waals surface area contributed by atoms with Gasteiger partial charge < -0.3 is 14.8 Å². The van der Waals surface area contributed by atoms with E-state index in [1.54, 1.807) is 18.2 Å². The fraction of sp³-hybridized carbons (Fsp3) is 0.300. The number of methoxy groups -OCH3 is 1. The van der Waals surface area contributed by atoms with Gasteiger partial charge >= 0.3 is 5.97 Å². The van der Waals surface area contributed by atoms with E-state index in [1.165, 1.54) is 7.11 Å². The third-order valence-corrected chi connectivity index (χ3v) is 4.61. The molecule has 0 saturated heterocycles. The van der Waals surface area contributed by atoms with Crippen LogP contribution in [-0.2, 0) is 9.53 Å². The van der Waals surface area contributed by atoms with Crippen molar-refractivity contribution in [2.24, 2.45) is 0 Å². The van der Waals surface area contributed by atoms with E-state index in [-0.39, 0.29) is 18.4 Å². The maximum Gasteiger partial charge on any atom is 0.339 e. The minimum Gasteiger partial charge on any atom is -0.497 e. The number of para-hydroxylation sites is 1. The summed E-state index contributed by atoms with van der Waals surface area (Å²) in [5.74, 6) is -0.181. The van der Waals surface area contributed by atoms with Crippen molar-refractivity contribution in [3.05, 3.63) is 57.6 Å². The van der Waals surface area contributed by atoms with Gasteiger partial charge in [-0.1, -0.05) is 32.0 Å². The SMILES string of the molecule is COc1ccc(Br)c(C(=O)OCC(=O)Nc2c(C)cccc2C(C)C)c1. The summed E-state index contributed by atoms with van der Waals surface area (Å²) < 4.78 is 10.8. The number of hydrogen-bond donors (Lipinski definition) is 1. The summed E-state index contributed by atoms with van der Waals surface area (Å²) in [6.45, 7) is 5.69. The van der Waals surface area contributed by atoms with Gasteiger partial charge in [-0.3, -0.25) is 4.79 Å². The highest BCUT2D eigenvalue weighted by atomic mass is 79.9. The number of hydrogen-bond acceptors (Lipinski definition) is 4. The second-order valence-corrected chi connectivity index (χ2v) is 7.02. The lowest BCUT2D eigenvalue weighted by Gasteiger charge is -2.16. The normalized spacial score (nSPS) is 10.5. The molecule has 6 heteroatoms. The van der Waals surface area contributed by atoms with Crippen LogP contribution in [0.1, 0.15) is 41.3 Å². The first-order valence-corrected chi connectivity index (χ1v) is 9.02. The molecule has 0 aliphatic heterocycles. The topological polar surface area (TPSA) is 64.6 Å². The highest BCUT2D eigenvalue weighted by Crippen LogP contribution is 2.27. The molecule has 5 nitrogen and oxygen atoms in total. The van der Waals surface area contributed by atoms with E-state index < -0.39 is 5.97 Å². The van der Waals surface area contributed by atoms with E-state index in [0.29, 0.717) is 15.8 Å². The summed E-state index contributed by atoms with van der Waals surface area (Å²) in [6, 6.07) is 10.8. The molecule has 0 saturated carbocycles. The Morgan fingerprint density at radius 1 is 1.19 bits per heavy atom. The fourth-order valence-electron chi connectivity index (χ4n) is 2.51. The van der Waals surface area contributed by atoms with Crippen molar-refractivity contribution in [2.45, 2.75) is 26.7 Å². The molecule has 2 rings (SSSR count). The number of ether oxygens (including phenoxy) is 2. The minimum absolute atomic E-state index is 0.264. The summed E-state index contributed by atoms with van der Waals surface area (Å²) in [6.07, 6.45) is 0. The fourth-order valence-corrected chi connectivity index (χ4v) is 2.92. The third kappa shape index (κ3) is 4.85. The summed E-state index contributed by atoms with van der Waals surface area (Å²) >= 11 is 3.30. The van der Waals surface area contributed by atoms with Crippen LogP contribution >= 0.6 is 15.9 Å². The number of amides is 1. The standard InChI is InChI=1S/C20H22BrNO4/c1-12(2)15-7-5-6-13(3)19(15)22-18(23)11-26-20(24)16-10-14(25-4)8-9-17(16)21/h5-10,12H,11H2,1-4H3,(H,22,23). The van der Waals surface area contributed by atoms with Crippen LogP contribution < -0.4 is 10.1 Å². The third-order valence-electron chi connectivity index (χ3n) is 3.92. The second kappa shape index (κ2) is 8.85. The lowest BCUT2D eigenvalue weighted by atomic mass is 9.98. The van der Waals surface area contributed by atoms with Crippen LogP contribution in [0.5, 0.6) is 5.75 Å². The Kier molecular flexibility index (Phi) is 6.80. The van der Waals surface area contributed by atoms with E-state index in [4.69, 9.17) is 9.47 Å². The average Bonchev–Trinajstić information content (AvgIpc) is 2.61. The summed E-state index contributed by atoms with van der Waals surface area (Å²) in [5, 5.41) is 2.85. The molecule has 0 aromatic heterocycles. The zero-order valence-electron chi connectivity index (χ0n) is 15.3. The van der Waals surface area contributed by atoms with Crippen molar-refractivity contribution in [2.75, 3.05) is 19.0 Å². The second-order valence-electron chi connectivity index (χ2n) is 6.16. The van der Waals surface area contributed by atoms with Gasteiger partial charge in [0, 0.05) is 10.2 Å². The molecule has 1 N–H and O–H groups in total. The van der Waals surface area contributed by atoms with Crippen LogP contribution in [0, 0.1) is 6.92 Å². The van der Waals surface area contributed by atoms with Crippen LogP contribution in [0.15, 0.2) is 40.9 Å². The first-order chi connectivity index (χ1) is 12.3. The highest BCUT2D eigenvalue weighted by molar-refractivity contribution is 9.10. The van der Waals surface area contributed by atoms with Crippen LogP contribution in [0.2, 0.25) is 0 Å². The van der Waals surface area contributed by atoms with E-state index in [1.807, 2.05) is 25.1 Å². The molecule has 0 unspecified atom stereocenters. The predicted molar refractivity (Wildman–Crippen MR) is 105 cm³/mol. The van der Waals surface area contributed by atoms with Gasteiger partial charge in [0.25, 0.3) is 5.91 Å². The van der Waals surface area contributed by atoms with Crippen LogP contribution in [0.4, 0.5) is 5.69 Å². The molecule has 2 aromatic carbocycles. The van der Waals surface area contributed by atoms with Gasteiger partial charge in [-0.05, 0) is 58.1 Å².